The third kappa shape index (κ3) is 3.54. The van der Waals surface area contributed by atoms with Crippen molar-refractivity contribution in [1.82, 2.24) is 4.68 Å². The number of allylic oxidation sites excluding steroid dienone is 2. The molecule has 1 saturated carbocycles. The molecule has 0 spiro atoms. The van der Waals surface area contributed by atoms with E-state index in [1.165, 1.54) is 18.4 Å². The van der Waals surface area contributed by atoms with E-state index in [0.717, 1.165) is 35.1 Å². The molecule has 1 aromatic carbocycles. The van der Waals surface area contributed by atoms with E-state index >= 15 is 0 Å². The van der Waals surface area contributed by atoms with Crippen molar-refractivity contribution in [2.45, 2.75) is 19.3 Å². The third-order valence-corrected chi connectivity index (χ3v) is 6.51. The third-order valence-electron chi connectivity index (χ3n) is 5.65. The summed E-state index contributed by atoms with van der Waals surface area (Å²) in [5.74, 6) is 2.75. The van der Waals surface area contributed by atoms with Gasteiger partial charge in [0.25, 0.3) is 0 Å². The second-order valence-electron chi connectivity index (χ2n) is 7.52. The predicted octanol–water partition coefficient (Wildman–Crippen LogP) is 5.00. The molecular weight excluding hydrogens is 366 g/mol. The van der Waals surface area contributed by atoms with E-state index in [9.17, 15) is 0 Å². The maximum absolute atomic E-state index is 5.63. The number of furan rings is 1. The fraction of sp³-hybridized carbons (Fsp3) is 0.304. The maximum Gasteiger partial charge on any atom is 0.206 e. The van der Waals surface area contributed by atoms with Crippen molar-refractivity contribution < 1.29 is 4.42 Å². The van der Waals surface area contributed by atoms with Gasteiger partial charge in [-0.2, -0.15) is 5.10 Å². The molecule has 5 rings (SSSR count). The zero-order chi connectivity index (χ0) is 18.8. The number of fused-ring (bicyclic) bond motifs is 2. The van der Waals surface area contributed by atoms with E-state index in [4.69, 9.17) is 14.5 Å². The van der Waals surface area contributed by atoms with Gasteiger partial charge in [0.1, 0.15) is 5.69 Å². The van der Waals surface area contributed by atoms with Crippen LogP contribution < -0.4 is 4.80 Å². The molecule has 0 radical (unpaired) electrons. The molecule has 2 aliphatic rings. The summed E-state index contributed by atoms with van der Waals surface area (Å²) in [7, 11) is 0. The first-order valence-corrected chi connectivity index (χ1v) is 10.8. The Balaban J connectivity index is 1.42. The molecule has 0 amide bonds. The molecule has 3 atom stereocenters. The molecule has 0 aliphatic heterocycles. The molecule has 3 unspecified atom stereocenters. The van der Waals surface area contributed by atoms with Gasteiger partial charge in [-0.1, -0.05) is 42.5 Å². The summed E-state index contributed by atoms with van der Waals surface area (Å²) < 4.78 is 7.58. The lowest BCUT2D eigenvalue weighted by Gasteiger charge is -2.12. The summed E-state index contributed by atoms with van der Waals surface area (Å²) in [5, 5.41) is 6.94. The van der Waals surface area contributed by atoms with Crippen LogP contribution in [0.15, 0.2) is 80.8 Å². The van der Waals surface area contributed by atoms with Gasteiger partial charge < -0.3 is 4.42 Å². The van der Waals surface area contributed by atoms with Crippen LogP contribution in [0.5, 0.6) is 0 Å². The SMILES string of the molecule is C1=CC2CC1CC2C=Nn1c(-c2ccco2)csc1=NCCc1ccccc1. The first kappa shape index (κ1) is 17.4. The average molecular weight is 390 g/mol. The van der Waals surface area contributed by atoms with Gasteiger partial charge in [-0.05, 0) is 48.8 Å². The molecule has 0 N–H and O–H groups in total. The Labute approximate surface area is 168 Å². The molecule has 2 heterocycles. The van der Waals surface area contributed by atoms with E-state index in [-0.39, 0.29) is 0 Å². The number of hydrogen-bond donors (Lipinski definition) is 0. The number of aromatic nitrogens is 1. The van der Waals surface area contributed by atoms with Crippen molar-refractivity contribution in [3.63, 3.8) is 0 Å². The number of benzene rings is 1. The summed E-state index contributed by atoms with van der Waals surface area (Å²) in [5.41, 5.74) is 2.27. The molecule has 2 aliphatic carbocycles. The van der Waals surface area contributed by atoms with Crippen LogP contribution in [-0.2, 0) is 6.42 Å². The predicted molar refractivity (Wildman–Crippen MR) is 113 cm³/mol. The summed E-state index contributed by atoms with van der Waals surface area (Å²) in [6, 6.07) is 14.4. The van der Waals surface area contributed by atoms with E-state index < -0.39 is 0 Å². The minimum atomic E-state index is 0.531. The lowest BCUT2D eigenvalue weighted by Crippen LogP contribution is -2.15. The van der Waals surface area contributed by atoms with Crippen LogP contribution in [-0.4, -0.2) is 17.4 Å². The smallest absolute Gasteiger partial charge is 0.206 e. The Kier molecular flexibility index (Phi) is 4.83. The number of thiazole rings is 1. The topological polar surface area (TPSA) is 42.8 Å². The fourth-order valence-electron chi connectivity index (χ4n) is 4.19. The Bertz CT molecular complexity index is 1040. The average Bonchev–Trinajstić information content (AvgIpc) is 3.51. The number of hydrogen-bond acceptors (Lipinski definition) is 4. The van der Waals surface area contributed by atoms with Crippen molar-refractivity contribution in [1.29, 1.82) is 0 Å². The Morgan fingerprint density at radius 1 is 1.11 bits per heavy atom. The lowest BCUT2D eigenvalue weighted by molar-refractivity contribution is 0.572. The highest BCUT2D eigenvalue weighted by atomic mass is 32.1. The van der Waals surface area contributed by atoms with Crippen molar-refractivity contribution >= 4 is 17.6 Å². The van der Waals surface area contributed by atoms with Crippen LogP contribution in [0.1, 0.15) is 18.4 Å². The van der Waals surface area contributed by atoms with Gasteiger partial charge in [0.2, 0.25) is 4.80 Å². The molecular formula is C23H23N3OS. The monoisotopic (exact) mass is 389 g/mol. The molecule has 5 heteroatoms. The minimum absolute atomic E-state index is 0.531. The van der Waals surface area contributed by atoms with Gasteiger partial charge in [0.05, 0.1) is 6.26 Å². The van der Waals surface area contributed by atoms with Crippen LogP contribution in [0.2, 0.25) is 0 Å². The van der Waals surface area contributed by atoms with Crippen LogP contribution in [0, 0.1) is 17.8 Å². The standard InChI is InChI=1S/C23H23N3OS/c1-2-5-17(6-3-1)10-11-24-23-26(21(16-28-23)22-7-4-12-27-22)25-15-20-14-18-8-9-19(20)13-18/h1-9,12,15-16,18-20H,10-11,13-14H2. The van der Waals surface area contributed by atoms with E-state index in [0.29, 0.717) is 11.8 Å². The Morgan fingerprint density at radius 2 is 2.04 bits per heavy atom. The van der Waals surface area contributed by atoms with Gasteiger partial charge in [-0.25, -0.2) is 4.68 Å². The fourth-order valence-corrected chi connectivity index (χ4v) is 5.03. The molecule has 2 bridgehead atoms. The van der Waals surface area contributed by atoms with Crippen LogP contribution in [0.3, 0.4) is 0 Å². The van der Waals surface area contributed by atoms with Crippen LogP contribution >= 0.6 is 11.3 Å². The zero-order valence-corrected chi connectivity index (χ0v) is 16.5. The Morgan fingerprint density at radius 3 is 2.79 bits per heavy atom. The van der Waals surface area contributed by atoms with Gasteiger partial charge in [-0.3, -0.25) is 4.99 Å². The maximum atomic E-state index is 5.63. The summed E-state index contributed by atoms with van der Waals surface area (Å²) in [6.07, 6.45) is 12.0. The van der Waals surface area contributed by atoms with Crippen molar-refractivity contribution in [2.24, 2.45) is 27.8 Å². The van der Waals surface area contributed by atoms with Crippen molar-refractivity contribution in [2.75, 3.05) is 6.54 Å². The van der Waals surface area contributed by atoms with Gasteiger partial charge in [0, 0.05) is 24.1 Å². The van der Waals surface area contributed by atoms with E-state index in [2.05, 4.69) is 48.0 Å². The van der Waals surface area contributed by atoms with Crippen LogP contribution in [0.25, 0.3) is 11.5 Å². The molecule has 142 valence electrons. The molecule has 3 aromatic rings. The second kappa shape index (κ2) is 7.76. The Hall–Kier alpha value is -2.66. The van der Waals surface area contributed by atoms with Crippen LogP contribution in [0.4, 0.5) is 0 Å². The number of rotatable bonds is 6. The molecule has 28 heavy (non-hydrogen) atoms. The molecule has 0 saturated heterocycles. The number of nitrogens with zero attached hydrogens (tertiary/aromatic N) is 3. The zero-order valence-electron chi connectivity index (χ0n) is 15.6. The quantitative estimate of drug-likeness (QED) is 0.432. The highest BCUT2D eigenvalue weighted by molar-refractivity contribution is 7.07. The van der Waals surface area contributed by atoms with Crippen molar-refractivity contribution in [3.8, 4) is 11.5 Å². The first-order valence-electron chi connectivity index (χ1n) is 9.88. The highest BCUT2D eigenvalue weighted by Crippen LogP contribution is 2.42. The van der Waals surface area contributed by atoms with Crippen molar-refractivity contribution in [3.05, 3.63) is 76.6 Å². The normalized spacial score (nSPS) is 24.0. The largest absolute Gasteiger partial charge is 0.463 e. The highest BCUT2D eigenvalue weighted by Gasteiger charge is 2.34. The van der Waals surface area contributed by atoms with E-state index in [1.54, 1.807) is 17.6 Å². The molecule has 4 nitrogen and oxygen atoms in total. The van der Waals surface area contributed by atoms with Gasteiger partial charge in [-0.15, -0.1) is 11.3 Å². The first-order chi connectivity index (χ1) is 13.9. The second-order valence-corrected chi connectivity index (χ2v) is 8.36. The van der Waals surface area contributed by atoms with Gasteiger partial charge >= 0.3 is 0 Å². The molecule has 2 aromatic heterocycles. The summed E-state index contributed by atoms with van der Waals surface area (Å²) in [6.45, 7) is 0.745. The summed E-state index contributed by atoms with van der Waals surface area (Å²) >= 11 is 1.62. The lowest BCUT2D eigenvalue weighted by atomic mass is 9.95. The molecule has 1 fully saturated rings. The van der Waals surface area contributed by atoms with E-state index in [1.807, 2.05) is 22.9 Å². The van der Waals surface area contributed by atoms with Gasteiger partial charge in [0.15, 0.2) is 5.76 Å². The minimum Gasteiger partial charge on any atom is -0.463 e. The summed E-state index contributed by atoms with van der Waals surface area (Å²) in [4.78, 5) is 5.75.